The number of aromatic amines is 2. The molecular weight excluding hydrogens is 443 g/mol. The second-order valence-electron chi connectivity index (χ2n) is 6.28. The third-order valence-corrected chi connectivity index (χ3v) is 4.24. The van der Waals surface area contributed by atoms with E-state index in [1.165, 1.54) is 0 Å². The number of unbranched alkanes of at least 4 members (excludes halogenated alkanes) is 2. The molecule has 2 N–H and O–H groups in total. The number of rotatable bonds is 10. The summed E-state index contributed by atoms with van der Waals surface area (Å²) in [6, 6.07) is 15.3. The number of benzene rings is 2. The van der Waals surface area contributed by atoms with E-state index in [1.54, 1.807) is 0 Å². The quantitative estimate of drug-likeness (QED) is 0.341. The molecule has 31 heavy (non-hydrogen) atoms. The molecule has 0 atom stereocenters. The van der Waals surface area contributed by atoms with Crippen molar-refractivity contribution in [3.05, 3.63) is 48.5 Å². The Morgan fingerprint density at radius 2 is 1.00 bits per heavy atom. The van der Waals surface area contributed by atoms with E-state index in [9.17, 15) is 0 Å². The van der Waals surface area contributed by atoms with E-state index in [0.717, 1.165) is 41.9 Å². The highest BCUT2D eigenvalue weighted by atomic mass is 35.5. The largest absolute Gasteiger partial charge is 0.494 e. The monoisotopic (exact) mass is 464 g/mol. The molecule has 0 aliphatic carbocycles. The van der Waals surface area contributed by atoms with Gasteiger partial charge in [0.15, 0.2) is 0 Å². The molecule has 0 bridgehead atoms. The molecule has 0 unspecified atom stereocenters. The maximum absolute atomic E-state index is 5.77. The molecule has 12 heteroatoms. The van der Waals surface area contributed by atoms with Crippen LogP contribution in [-0.2, 0) is 0 Å². The number of halogens is 2. The average molecular weight is 465 g/mol. The molecule has 0 aliphatic rings. The van der Waals surface area contributed by atoms with E-state index < -0.39 is 0 Å². The lowest BCUT2D eigenvalue weighted by molar-refractivity contribution is 0.279. The summed E-state index contributed by atoms with van der Waals surface area (Å²) in [4.78, 5) is 0. The molecule has 2 aromatic heterocycles. The maximum Gasteiger partial charge on any atom is 0.204 e. The fourth-order valence-electron chi connectivity index (χ4n) is 2.73. The first-order chi connectivity index (χ1) is 14.4. The van der Waals surface area contributed by atoms with Crippen LogP contribution in [0.4, 0.5) is 0 Å². The van der Waals surface area contributed by atoms with Gasteiger partial charge in [-0.2, -0.15) is 10.4 Å². The van der Waals surface area contributed by atoms with Gasteiger partial charge in [-0.25, -0.2) is 0 Å². The Kier molecular flexibility index (Phi) is 9.66. The van der Waals surface area contributed by atoms with Crippen LogP contribution < -0.4 is 9.47 Å². The van der Waals surface area contributed by atoms with Crippen molar-refractivity contribution in [2.45, 2.75) is 19.3 Å². The average Bonchev–Trinajstić information content (AvgIpc) is 3.48. The Labute approximate surface area is 191 Å². The van der Waals surface area contributed by atoms with Crippen LogP contribution in [0.15, 0.2) is 48.5 Å². The third kappa shape index (κ3) is 6.90. The fourth-order valence-corrected chi connectivity index (χ4v) is 2.73. The summed E-state index contributed by atoms with van der Waals surface area (Å²) < 4.78 is 11.5. The van der Waals surface area contributed by atoms with E-state index in [2.05, 4.69) is 41.2 Å². The minimum Gasteiger partial charge on any atom is -0.494 e. The van der Waals surface area contributed by atoms with Crippen molar-refractivity contribution >= 4 is 24.8 Å². The summed E-state index contributed by atoms with van der Waals surface area (Å²) in [5.74, 6) is 2.80. The zero-order chi connectivity index (χ0) is 19.7. The standard InChI is InChI=1S/C19H20N8O2.2ClH/c1(2-12-28-16-8-4-14(5-9-16)18-20-24-25-21-18)3-13-29-17-10-6-15(7-11-17)19-22-26-27-23-19;;/h4-11H,1-3,12-13H2,(H,20,21,24,25)(H,22,23,26,27);2*1H. The van der Waals surface area contributed by atoms with Crippen molar-refractivity contribution in [2.24, 2.45) is 0 Å². The smallest absolute Gasteiger partial charge is 0.204 e. The minimum absolute atomic E-state index is 0. The second kappa shape index (κ2) is 12.5. The lowest BCUT2D eigenvalue weighted by Gasteiger charge is -2.08. The lowest BCUT2D eigenvalue weighted by Crippen LogP contribution is -2.01. The molecule has 164 valence electrons. The van der Waals surface area contributed by atoms with E-state index in [0.29, 0.717) is 24.9 Å². The van der Waals surface area contributed by atoms with Crippen molar-refractivity contribution in [1.82, 2.24) is 41.2 Å². The van der Waals surface area contributed by atoms with Gasteiger partial charge in [-0.3, -0.25) is 0 Å². The molecule has 0 aliphatic heterocycles. The predicted molar refractivity (Wildman–Crippen MR) is 119 cm³/mol. The Balaban J connectivity index is 0.00000171. The summed E-state index contributed by atoms with van der Waals surface area (Å²) in [6.07, 6.45) is 2.96. The first-order valence-corrected chi connectivity index (χ1v) is 9.32. The van der Waals surface area contributed by atoms with Gasteiger partial charge in [0.25, 0.3) is 0 Å². The van der Waals surface area contributed by atoms with Gasteiger partial charge in [0.2, 0.25) is 11.6 Å². The minimum atomic E-state index is 0. The molecular formula is C19H22Cl2N8O2. The Morgan fingerprint density at radius 1 is 0.581 bits per heavy atom. The van der Waals surface area contributed by atoms with Gasteiger partial charge in [-0.05, 0) is 78.2 Å². The van der Waals surface area contributed by atoms with Crippen LogP contribution in [0.5, 0.6) is 11.5 Å². The summed E-state index contributed by atoms with van der Waals surface area (Å²) in [5.41, 5.74) is 1.79. The van der Waals surface area contributed by atoms with Crippen molar-refractivity contribution in [3.8, 4) is 34.3 Å². The molecule has 10 nitrogen and oxygen atoms in total. The van der Waals surface area contributed by atoms with Crippen LogP contribution in [0.2, 0.25) is 0 Å². The van der Waals surface area contributed by atoms with Crippen LogP contribution in [0, 0.1) is 0 Å². The Morgan fingerprint density at radius 3 is 1.35 bits per heavy atom. The van der Waals surface area contributed by atoms with Gasteiger partial charge in [0.1, 0.15) is 11.5 Å². The van der Waals surface area contributed by atoms with Gasteiger partial charge in [0.05, 0.1) is 13.2 Å². The molecule has 0 amide bonds. The first kappa shape index (κ1) is 24.0. The number of hydrogen-bond acceptors (Lipinski definition) is 8. The molecule has 0 fully saturated rings. The van der Waals surface area contributed by atoms with Gasteiger partial charge in [-0.15, -0.1) is 45.2 Å². The van der Waals surface area contributed by atoms with Crippen LogP contribution in [0.1, 0.15) is 19.3 Å². The Hall–Kier alpha value is -3.24. The van der Waals surface area contributed by atoms with Gasteiger partial charge < -0.3 is 9.47 Å². The molecule has 4 rings (SSSR count). The summed E-state index contributed by atoms with van der Waals surface area (Å²) in [6.45, 7) is 1.34. The third-order valence-electron chi connectivity index (χ3n) is 4.24. The highest BCUT2D eigenvalue weighted by molar-refractivity contribution is 5.85. The van der Waals surface area contributed by atoms with E-state index in [-0.39, 0.29) is 24.8 Å². The van der Waals surface area contributed by atoms with Gasteiger partial charge in [-0.1, -0.05) is 0 Å². The molecule has 0 radical (unpaired) electrons. The number of tetrazole rings is 2. The van der Waals surface area contributed by atoms with Crippen molar-refractivity contribution in [2.75, 3.05) is 13.2 Å². The highest BCUT2D eigenvalue weighted by Gasteiger charge is 2.04. The predicted octanol–water partition coefficient (Wildman–Crippen LogP) is 3.52. The zero-order valence-corrected chi connectivity index (χ0v) is 18.1. The summed E-state index contributed by atoms with van der Waals surface area (Å²) in [5, 5.41) is 27.8. The number of nitrogens with zero attached hydrogens (tertiary/aromatic N) is 6. The van der Waals surface area contributed by atoms with E-state index >= 15 is 0 Å². The highest BCUT2D eigenvalue weighted by Crippen LogP contribution is 2.20. The molecule has 2 heterocycles. The summed E-state index contributed by atoms with van der Waals surface area (Å²) >= 11 is 0. The molecule has 0 spiro atoms. The maximum atomic E-state index is 5.77. The topological polar surface area (TPSA) is 127 Å². The molecule has 0 saturated carbocycles. The molecule has 2 aromatic carbocycles. The zero-order valence-electron chi connectivity index (χ0n) is 16.5. The Bertz CT molecular complexity index is 899. The number of nitrogens with one attached hydrogen (secondary N) is 2. The van der Waals surface area contributed by atoms with Crippen molar-refractivity contribution in [1.29, 1.82) is 0 Å². The lowest BCUT2D eigenvalue weighted by atomic mass is 10.2. The van der Waals surface area contributed by atoms with Crippen LogP contribution in [-0.4, -0.2) is 54.5 Å². The van der Waals surface area contributed by atoms with Gasteiger partial charge >= 0.3 is 0 Å². The fraction of sp³-hybridized carbons (Fsp3) is 0.263. The molecule has 0 saturated heterocycles. The van der Waals surface area contributed by atoms with Crippen molar-refractivity contribution in [3.63, 3.8) is 0 Å². The van der Waals surface area contributed by atoms with Gasteiger partial charge in [0, 0.05) is 11.1 Å². The molecule has 4 aromatic rings. The van der Waals surface area contributed by atoms with Crippen LogP contribution in [0.3, 0.4) is 0 Å². The number of aromatic nitrogens is 8. The van der Waals surface area contributed by atoms with Crippen molar-refractivity contribution < 1.29 is 9.47 Å². The van der Waals surface area contributed by atoms with E-state index in [1.807, 2.05) is 48.5 Å². The number of hydrogen-bond donors (Lipinski definition) is 2. The second-order valence-corrected chi connectivity index (χ2v) is 6.28. The van der Waals surface area contributed by atoms with Crippen LogP contribution in [0.25, 0.3) is 22.8 Å². The SMILES string of the molecule is Cl.Cl.c1cc(-c2nn[nH]n2)ccc1OCCCCCOc1ccc(-c2nn[nH]n2)cc1. The normalized spacial score (nSPS) is 10.1. The van der Waals surface area contributed by atoms with E-state index in [4.69, 9.17) is 9.47 Å². The summed E-state index contributed by atoms with van der Waals surface area (Å²) in [7, 11) is 0. The first-order valence-electron chi connectivity index (χ1n) is 9.32. The number of ether oxygens (including phenoxy) is 2. The van der Waals surface area contributed by atoms with Crippen LogP contribution >= 0.6 is 24.8 Å². The number of H-pyrrole nitrogens is 2.